The first-order valence-electron chi connectivity index (χ1n) is 5.64. The van der Waals surface area contributed by atoms with Crippen LogP contribution in [-0.4, -0.2) is 47.7 Å². The number of rotatable bonds is 4. The average Bonchev–Trinajstić information content (AvgIpc) is 2.91. The number of nitrogens with one attached hydrogen (secondary N) is 2. The van der Waals surface area contributed by atoms with Crippen LogP contribution in [0.2, 0.25) is 0 Å². The van der Waals surface area contributed by atoms with Gasteiger partial charge in [0, 0.05) is 13.6 Å². The van der Waals surface area contributed by atoms with Crippen LogP contribution in [0.5, 0.6) is 0 Å². The lowest BCUT2D eigenvalue weighted by molar-refractivity contribution is -0.127. The predicted molar refractivity (Wildman–Crippen MR) is 61.4 cm³/mol. The van der Waals surface area contributed by atoms with Crippen molar-refractivity contribution in [1.82, 2.24) is 20.4 Å². The third-order valence-electron chi connectivity index (χ3n) is 2.97. The molecule has 0 spiro atoms. The van der Waals surface area contributed by atoms with Crippen LogP contribution in [0.15, 0.2) is 4.42 Å². The Labute approximate surface area is 99.6 Å². The van der Waals surface area contributed by atoms with Gasteiger partial charge in [0.2, 0.25) is 11.8 Å². The third-order valence-corrected chi connectivity index (χ3v) is 2.97. The number of likely N-dealkylation sites (tertiary alicyclic amines) is 1. The van der Waals surface area contributed by atoms with Gasteiger partial charge in [0.1, 0.15) is 6.04 Å². The Hall–Kier alpha value is -1.63. The lowest BCUT2D eigenvalue weighted by Crippen LogP contribution is -2.31. The largest absolute Gasteiger partial charge is 0.406 e. The van der Waals surface area contributed by atoms with Crippen LogP contribution in [0.1, 0.15) is 25.3 Å². The van der Waals surface area contributed by atoms with E-state index in [-0.39, 0.29) is 18.0 Å². The molecule has 2 rings (SSSR count). The van der Waals surface area contributed by atoms with Gasteiger partial charge in [0.15, 0.2) is 0 Å². The van der Waals surface area contributed by atoms with Gasteiger partial charge in [-0.1, -0.05) is 5.10 Å². The second-order valence-electron chi connectivity index (χ2n) is 4.20. The fourth-order valence-electron chi connectivity index (χ4n) is 1.70. The van der Waals surface area contributed by atoms with Crippen LogP contribution in [-0.2, 0) is 4.79 Å². The molecule has 1 aromatic rings. The molecule has 0 saturated carbocycles. The molecule has 1 aliphatic rings. The van der Waals surface area contributed by atoms with Crippen LogP contribution in [0, 0.1) is 0 Å². The Morgan fingerprint density at radius 1 is 1.53 bits per heavy atom. The van der Waals surface area contributed by atoms with Gasteiger partial charge in [-0.05, 0) is 20.4 Å². The Morgan fingerprint density at radius 2 is 2.29 bits per heavy atom. The van der Waals surface area contributed by atoms with E-state index in [9.17, 15) is 4.79 Å². The van der Waals surface area contributed by atoms with Crippen molar-refractivity contribution in [3.63, 3.8) is 0 Å². The summed E-state index contributed by atoms with van der Waals surface area (Å²) in [5.41, 5.74) is 0. The summed E-state index contributed by atoms with van der Waals surface area (Å²) >= 11 is 0. The SMILES string of the molecule is CNC(C)c1nnc(NC2CCN(C)C2=O)o1. The first-order chi connectivity index (χ1) is 8.11. The Bertz CT molecular complexity index is 405. The molecule has 0 bridgehead atoms. The number of aromatic nitrogens is 2. The number of carbonyl (C=O) groups excluding carboxylic acids is 1. The summed E-state index contributed by atoms with van der Waals surface area (Å²) < 4.78 is 5.42. The topological polar surface area (TPSA) is 83.3 Å². The monoisotopic (exact) mass is 239 g/mol. The Kier molecular flexibility index (Phi) is 3.28. The van der Waals surface area contributed by atoms with Gasteiger partial charge in [-0.25, -0.2) is 0 Å². The van der Waals surface area contributed by atoms with Crippen LogP contribution in [0.3, 0.4) is 0 Å². The molecule has 1 fully saturated rings. The van der Waals surface area contributed by atoms with Gasteiger partial charge >= 0.3 is 6.01 Å². The van der Waals surface area contributed by atoms with E-state index in [0.29, 0.717) is 11.9 Å². The van der Waals surface area contributed by atoms with Crippen molar-refractivity contribution in [1.29, 1.82) is 0 Å². The first kappa shape index (κ1) is 11.8. The highest BCUT2D eigenvalue weighted by Gasteiger charge is 2.30. The molecular formula is C10H17N5O2. The molecule has 1 aromatic heterocycles. The van der Waals surface area contributed by atoms with Gasteiger partial charge in [0.25, 0.3) is 0 Å². The van der Waals surface area contributed by atoms with E-state index in [1.807, 2.05) is 14.0 Å². The van der Waals surface area contributed by atoms with E-state index in [1.165, 1.54) is 0 Å². The summed E-state index contributed by atoms with van der Waals surface area (Å²) in [7, 11) is 3.60. The van der Waals surface area contributed by atoms with Gasteiger partial charge < -0.3 is 20.0 Å². The van der Waals surface area contributed by atoms with Crippen molar-refractivity contribution in [3.8, 4) is 0 Å². The molecule has 1 amide bonds. The van der Waals surface area contributed by atoms with Crippen molar-refractivity contribution >= 4 is 11.9 Å². The normalized spacial score (nSPS) is 21.9. The molecule has 1 saturated heterocycles. The third kappa shape index (κ3) is 2.38. The number of nitrogens with zero attached hydrogens (tertiary/aromatic N) is 3. The van der Waals surface area contributed by atoms with E-state index in [4.69, 9.17) is 4.42 Å². The van der Waals surface area contributed by atoms with Crippen molar-refractivity contribution in [2.75, 3.05) is 26.0 Å². The smallest absolute Gasteiger partial charge is 0.316 e. The molecule has 0 aliphatic carbocycles. The molecule has 2 N–H and O–H groups in total. The number of anilines is 1. The van der Waals surface area contributed by atoms with Crippen LogP contribution in [0.25, 0.3) is 0 Å². The Balaban J connectivity index is 2.00. The molecule has 2 unspecified atom stereocenters. The van der Waals surface area contributed by atoms with E-state index in [1.54, 1.807) is 11.9 Å². The van der Waals surface area contributed by atoms with Crippen LogP contribution in [0.4, 0.5) is 6.01 Å². The van der Waals surface area contributed by atoms with Crippen LogP contribution >= 0.6 is 0 Å². The summed E-state index contributed by atoms with van der Waals surface area (Å²) in [6.07, 6.45) is 0.759. The van der Waals surface area contributed by atoms with Crippen molar-refractivity contribution < 1.29 is 9.21 Å². The standard InChI is InChI=1S/C10H17N5O2/c1-6(11-2)8-13-14-10(17-8)12-7-4-5-15(3)9(7)16/h6-7,11H,4-5H2,1-3H3,(H,12,14). The van der Waals surface area contributed by atoms with Gasteiger partial charge in [-0.3, -0.25) is 4.79 Å². The molecule has 7 heteroatoms. The van der Waals surface area contributed by atoms with E-state index >= 15 is 0 Å². The summed E-state index contributed by atoms with van der Waals surface area (Å²) in [5.74, 6) is 0.570. The lowest BCUT2D eigenvalue weighted by atomic mass is 10.2. The number of hydrogen-bond donors (Lipinski definition) is 2. The molecule has 1 aliphatic heterocycles. The highest BCUT2D eigenvalue weighted by molar-refractivity contribution is 5.85. The van der Waals surface area contributed by atoms with Crippen molar-refractivity contribution in [3.05, 3.63) is 5.89 Å². The molecular weight excluding hydrogens is 222 g/mol. The van der Waals surface area contributed by atoms with E-state index < -0.39 is 0 Å². The van der Waals surface area contributed by atoms with Gasteiger partial charge in [-0.15, -0.1) is 5.10 Å². The lowest BCUT2D eigenvalue weighted by Gasteiger charge is -2.10. The molecule has 94 valence electrons. The number of amides is 1. The number of likely N-dealkylation sites (N-methyl/N-ethyl adjacent to an activating group) is 1. The highest BCUT2D eigenvalue weighted by Crippen LogP contribution is 2.17. The second kappa shape index (κ2) is 4.70. The quantitative estimate of drug-likeness (QED) is 0.769. The maximum atomic E-state index is 11.7. The average molecular weight is 239 g/mol. The Morgan fingerprint density at radius 3 is 2.88 bits per heavy atom. The zero-order valence-electron chi connectivity index (χ0n) is 10.2. The molecule has 7 nitrogen and oxygen atoms in total. The minimum Gasteiger partial charge on any atom is -0.406 e. The summed E-state index contributed by atoms with van der Waals surface area (Å²) in [6.45, 7) is 2.68. The highest BCUT2D eigenvalue weighted by atomic mass is 16.4. The van der Waals surface area contributed by atoms with Gasteiger partial charge in [0.05, 0.1) is 6.04 Å². The second-order valence-corrected chi connectivity index (χ2v) is 4.20. The molecule has 0 aromatic carbocycles. The summed E-state index contributed by atoms with van der Waals surface area (Å²) in [5, 5.41) is 13.7. The maximum Gasteiger partial charge on any atom is 0.316 e. The van der Waals surface area contributed by atoms with Crippen LogP contribution < -0.4 is 10.6 Å². The first-order valence-corrected chi connectivity index (χ1v) is 5.64. The fraction of sp³-hybridized carbons (Fsp3) is 0.700. The zero-order valence-corrected chi connectivity index (χ0v) is 10.2. The summed E-state index contributed by atoms with van der Waals surface area (Å²) in [4.78, 5) is 13.4. The predicted octanol–water partition coefficient (Wildman–Crippen LogP) is -0.00740. The molecule has 2 heterocycles. The summed E-state index contributed by atoms with van der Waals surface area (Å²) in [6, 6.07) is 0.0499. The fourth-order valence-corrected chi connectivity index (χ4v) is 1.70. The minimum atomic E-state index is -0.252. The van der Waals surface area contributed by atoms with E-state index in [2.05, 4.69) is 20.8 Å². The number of hydrogen-bond acceptors (Lipinski definition) is 6. The molecule has 0 radical (unpaired) electrons. The molecule has 2 atom stereocenters. The molecule has 17 heavy (non-hydrogen) atoms. The van der Waals surface area contributed by atoms with Gasteiger partial charge in [-0.2, -0.15) is 0 Å². The maximum absolute atomic E-state index is 11.7. The zero-order chi connectivity index (χ0) is 12.4. The number of carbonyl (C=O) groups is 1. The minimum absolute atomic E-state index is 0.00000297. The van der Waals surface area contributed by atoms with Crippen molar-refractivity contribution in [2.45, 2.75) is 25.4 Å². The van der Waals surface area contributed by atoms with E-state index in [0.717, 1.165) is 13.0 Å². The van der Waals surface area contributed by atoms with Crippen molar-refractivity contribution in [2.24, 2.45) is 0 Å².